The van der Waals surface area contributed by atoms with Gasteiger partial charge in [-0.1, -0.05) is 12.1 Å². The molecule has 5 nitrogen and oxygen atoms in total. The first-order valence-electron chi connectivity index (χ1n) is 8.61. The van der Waals surface area contributed by atoms with E-state index in [1.807, 2.05) is 0 Å². The van der Waals surface area contributed by atoms with Crippen molar-refractivity contribution in [3.8, 4) is 5.75 Å². The predicted octanol–water partition coefficient (Wildman–Crippen LogP) is 3.39. The maximum absolute atomic E-state index is 13.6. The van der Waals surface area contributed by atoms with Crippen molar-refractivity contribution >= 4 is 17.5 Å². The van der Waals surface area contributed by atoms with Crippen molar-refractivity contribution < 1.29 is 18.7 Å². The molecule has 0 bridgehead atoms. The topological polar surface area (TPSA) is 58.6 Å². The summed E-state index contributed by atoms with van der Waals surface area (Å²) < 4.78 is 19.2. The SMILES string of the molecule is Cc1ccc(C(=O)Nc2cccc(OCC(=O)N3CCCC3)c2)cc1F. The average Bonchev–Trinajstić information content (AvgIpc) is 3.17. The van der Waals surface area contributed by atoms with Gasteiger partial charge in [0.2, 0.25) is 0 Å². The van der Waals surface area contributed by atoms with Crippen molar-refractivity contribution in [1.82, 2.24) is 4.90 Å². The van der Waals surface area contributed by atoms with E-state index >= 15 is 0 Å². The van der Waals surface area contributed by atoms with E-state index in [0.29, 0.717) is 17.0 Å². The van der Waals surface area contributed by atoms with Crippen LogP contribution in [0.2, 0.25) is 0 Å². The average molecular weight is 356 g/mol. The number of benzene rings is 2. The molecule has 136 valence electrons. The quantitative estimate of drug-likeness (QED) is 0.893. The van der Waals surface area contributed by atoms with Gasteiger partial charge in [0.25, 0.3) is 11.8 Å². The fraction of sp³-hybridized carbons (Fsp3) is 0.300. The van der Waals surface area contributed by atoms with Crippen LogP contribution >= 0.6 is 0 Å². The first-order valence-corrected chi connectivity index (χ1v) is 8.61. The molecule has 1 fully saturated rings. The molecule has 1 heterocycles. The van der Waals surface area contributed by atoms with E-state index in [0.717, 1.165) is 25.9 Å². The molecular formula is C20H21FN2O3. The molecule has 0 aromatic heterocycles. The summed E-state index contributed by atoms with van der Waals surface area (Å²) in [4.78, 5) is 26.1. The summed E-state index contributed by atoms with van der Waals surface area (Å²) in [6.07, 6.45) is 2.07. The molecule has 0 spiro atoms. The number of aryl methyl sites for hydroxylation is 1. The monoisotopic (exact) mass is 356 g/mol. The Labute approximate surface area is 151 Å². The van der Waals surface area contributed by atoms with Gasteiger partial charge in [-0.25, -0.2) is 4.39 Å². The zero-order valence-electron chi connectivity index (χ0n) is 14.6. The smallest absolute Gasteiger partial charge is 0.260 e. The lowest BCUT2D eigenvalue weighted by Crippen LogP contribution is -2.32. The summed E-state index contributed by atoms with van der Waals surface area (Å²) in [5, 5.41) is 2.71. The van der Waals surface area contributed by atoms with Gasteiger partial charge in [0.15, 0.2) is 6.61 Å². The minimum atomic E-state index is -0.421. The van der Waals surface area contributed by atoms with Crippen LogP contribution in [0, 0.1) is 12.7 Å². The third kappa shape index (κ3) is 4.39. The van der Waals surface area contributed by atoms with Crippen molar-refractivity contribution in [2.45, 2.75) is 19.8 Å². The van der Waals surface area contributed by atoms with Crippen LogP contribution in [0.4, 0.5) is 10.1 Å². The zero-order chi connectivity index (χ0) is 18.5. The van der Waals surface area contributed by atoms with Crippen LogP contribution in [0.25, 0.3) is 0 Å². The molecule has 1 aliphatic heterocycles. The number of nitrogens with zero attached hydrogens (tertiary/aromatic N) is 1. The lowest BCUT2D eigenvalue weighted by molar-refractivity contribution is -0.132. The summed E-state index contributed by atoms with van der Waals surface area (Å²) in [6, 6.07) is 11.1. The number of ether oxygens (including phenoxy) is 1. The Balaban J connectivity index is 1.60. The summed E-state index contributed by atoms with van der Waals surface area (Å²) in [7, 11) is 0. The number of carbonyl (C=O) groups excluding carboxylic acids is 2. The molecule has 1 N–H and O–H groups in total. The van der Waals surface area contributed by atoms with Crippen LogP contribution in [-0.2, 0) is 4.79 Å². The minimum Gasteiger partial charge on any atom is -0.484 e. The third-order valence-electron chi connectivity index (χ3n) is 4.35. The number of hydrogen-bond donors (Lipinski definition) is 1. The van der Waals surface area contributed by atoms with Crippen LogP contribution in [0.3, 0.4) is 0 Å². The van der Waals surface area contributed by atoms with Crippen LogP contribution < -0.4 is 10.1 Å². The molecular weight excluding hydrogens is 335 g/mol. The van der Waals surface area contributed by atoms with E-state index in [9.17, 15) is 14.0 Å². The lowest BCUT2D eigenvalue weighted by Gasteiger charge is -2.15. The largest absolute Gasteiger partial charge is 0.484 e. The highest BCUT2D eigenvalue weighted by atomic mass is 19.1. The van der Waals surface area contributed by atoms with E-state index in [4.69, 9.17) is 4.74 Å². The van der Waals surface area contributed by atoms with Gasteiger partial charge >= 0.3 is 0 Å². The molecule has 2 amide bonds. The summed E-state index contributed by atoms with van der Waals surface area (Å²) in [6.45, 7) is 3.18. The van der Waals surface area contributed by atoms with Gasteiger partial charge < -0.3 is 15.0 Å². The number of nitrogens with one attached hydrogen (secondary N) is 1. The summed E-state index contributed by atoms with van der Waals surface area (Å²) in [5.74, 6) is -0.373. The zero-order valence-corrected chi connectivity index (χ0v) is 14.6. The van der Waals surface area contributed by atoms with Crippen molar-refractivity contribution in [2.75, 3.05) is 25.0 Å². The van der Waals surface area contributed by atoms with Gasteiger partial charge in [-0.05, 0) is 49.6 Å². The van der Waals surface area contributed by atoms with Gasteiger partial charge in [0.1, 0.15) is 11.6 Å². The predicted molar refractivity (Wildman–Crippen MR) is 96.8 cm³/mol. The molecule has 0 radical (unpaired) electrons. The molecule has 26 heavy (non-hydrogen) atoms. The van der Waals surface area contributed by atoms with Crippen LogP contribution in [0.5, 0.6) is 5.75 Å². The Kier molecular flexibility index (Phi) is 5.51. The molecule has 2 aromatic rings. The molecule has 0 atom stereocenters. The number of carbonyl (C=O) groups is 2. The molecule has 6 heteroatoms. The highest BCUT2D eigenvalue weighted by Gasteiger charge is 2.18. The molecule has 2 aromatic carbocycles. The fourth-order valence-electron chi connectivity index (χ4n) is 2.80. The molecule has 1 aliphatic rings. The second-order valence-corrected chi connectivity index (χ2v) is 6.32. The van der Waals surface area contributed by atoms with Gasteiger partial charge in [-0.2, -0.15) is 0 Å². The Morgan fingerprint density at radius 1 is 1.15 bits per heavy atom. The highest BCUT2D eigenvalue weighted by Crippen LogP contribution is 2.19. The second kappa shape index (κ2) is 7.99. The van der Waals surface area contributed by atoms with E-state index in [2.05, 4.69) is 5.32 Å². The lowest BCUT2D eigenvalue weighted by atomic mass is 10.1. The first kappa shape index (κ1) is 17.9. The summed E-state index contributed by atoms with van der Waals surface area (Å²) >= 11 is 0. The van der Waals surface area contributed by atoms with Crippen molar-refractivity contribution in [1.29, 1.82) is 0 Å². The number of amides is 2. The van der Waals surface area contributed by atoms with Gasteiger partial charge in [0, 0.05) is 30.4 Å². The van der Waals surface area contributed by atoms with Gasteiger partial charge in [0.05, 0.1) is 0 Å². The number of rotatable bonds is 5. The first-order chi connectivity index (χ1) is 12.5. The Bertz CT molecular complexity index is 816. The van der Waals surface area contributed by atoms with Crippen LogP contribution in [0.15, 0.2) is 42.5 Å². The molecule has 1 saturated heterocycles. The second-order valence-electron chi connectivity index (χ2n) is 6.32. The van der Waals surface area contributed by atoms with Crippen LogP contribution in [-0.4, -0.2) is 36.4 Å². The van der Waals surface area contributed by atoms with Gasteiger partial charge in [-0.15, -0.1) is 0 Å². The maximum Gasteiger partial charge on any atom is 0.260 e. The van der Waals surface area contributed by atoms with E-state index in [-0.39, 0.29) is 18.1 Å². The molecule has 0 unspecified atom stereocenters. The number of anilines is 1. The molecule has 0 aliphatic carbocycles. The molecule has 0 saturated carbocycles. The highest BCUT2D eigenvalue weighted by molar-refractivity contribution is 6.04. The minimum absolute atomic E-state index is 0.0272. The van der Waals surface area contributed by atoms with Gasteiger partial charge in [-0.3, -0.25) is 9.59 Å². The standard InChI is InChI=1S/C20H21FN2O3/c1-14-7-8-15(11-18(14)21)20(25)22-16-5-4-6-17(12-16)26-13-19(24)23-9-2-3-10-23/h4-8,11-12H,2-3,9-10,13H2,1H3,(H,22,25). The number of hydrogen-bond acceptors (Lipinski definition) is 3. The molecule has 3 rings (SSSR count). The Morgan fingerprint density at radius 2 is 1.92 bits per heavy atom. The van der Waals surface area contributed by atoms with Crippen molar-refractivity contribution in [2.24, 2.45) is 0 Å². The van der Waals surface area contributed by atoms with Crippen molar-refractivity contribution in [3.63, 3.8) is 0 Å². The van der Waals surface area contributed by atoms with Crippen LogP contribution in [0.1, 0.15) is 28.8 Å². The number of halogens is 1. The van der Waals surface area contributed by atoms with E-state index < -0.39 is 11.7 Å². The van der Waals surface area contributed by atoms with E-state index in [1.165, 1.54) is 6.07 Å². The van der Waals surface area contributed by atoms with Crippen molar-refractivity contribution in [3.05, 3.63) is 59.4 Å². The third-order valence-corrected chi connectivity index (χ3v) is 4.35. The Morgan fingerprint density at radius 3 is 2.65 bits per heavy atom. The Hall–Kier alpha value is -2.89. The summed E-state index contributed by atoms with van der Waals surface area (Å²) in [5.41, 5.74) is 1.24. The fourth-order valence-corrected chi connectivity index (χ4v) is 2.80. The maximum atomic E-state index is 13.6. The van der Waals surface area contributed by atoms with E-state index in [1.54, 1.807) is 48.2 Å². The normalized spacial score (nSPS) is 13.5. The number of likely N-dealkylation sites (tertiary alicyclic amines) is 1.